The Balaban J connectivity index is 1.57. The first-order chi connectivity index (χ1) is 9.22. The minimum Gasteiger partial charge on any atom is -0.352 e. The van der Waals surface area contributed by atoms with E-state index in [1.54, 1.807) is 0 Å². The molecular weight excluding hydrogens is 260 g/mol. The van der Waals surface area contributed by atoms with Gasteiger partial charge in [-0.1, -0.05) is 23.7 Å². The van der Waals surface area contributed by atoms with E-state index in [1.807, 2.05) is 12.1 Å². The monoisotopic (exact) mass is 278 g/mol. The van der Waals surface area contributed by atoms with Gasteiger partial charge >= 0.3 is 0 Å². The second kappa shape index (κ2) is 5.51. The van der Waals surface area contributed by atoms with E-state index in [1.165, 1.54) is 18.4 Å². The molecule has 2 aliphatic rings. The number of carbonyl (C=O) groups is 1. The van der Waals surface area contributed by atoms with Gasteiger partial charge in [-0.3, -0.25) is 4.79 Å². The van der Waals surface area contributed by atoms with Crippen LogP contribution in [0.25, 0.3) is 0 Å². The van der Waals surface area contributed by atoms with E-state index in [0.717, 1.165) is 17.9 Å². The zero-order valence-electron chi connectivity index (χ0n) is 10.9. The summed E-state index contributed by atoms with van der Waals surface area (Å²) in [5.41, 5.74) is 1.23. The minimum atomic E-state index is 0.113. The van der Waals surface area contributed by atoms with Gasteiger partial charge in [0.1, 0.15) is 0 Å². The lowest BCUT2D eigenvalue weighted by Crippen LogP contribution is -2.37. The van der Waals surface area contributed by atoms with Crippen molar-refractivity contribution in [2.24, 2.45) is 5.92 Å². The summed E-state index contributed by atoms with van der Waals surface area (Å²) in [6, 6.07) is 8.65. The van der Waals surface area contributed by atoms with Crippen molar-refractivity contribution in [1.29, 1.82) is 0 Å². The molecule has 0 heterocycles. The van der Waals surface area contributed by atoms with Crippen LogP contribution in [0.1, 0.15) is 37.3 Å². The highest BCUT2D eigenvalue weighted by Crippen LogP contribution is 2.41. The number of halogens is 1. The molecule has 2 fully saturated rings. The minimum absolute atomic E-state index is 0.113. The van der Waals surface area contributed by atoms with Crippen LogP contribution in [-0.4, -0.2) is 18.5 Å². The Kier molecular flexibility index (Phi) is 3.76. The number of nitrogens with one attached hydrogen (secondary N) is 2. The number of hydrogen-bond acceptors (Lipinski definition) is 2. The second-order valence-corrected chi connectivity index (χ2v) is 6.03. The zero-order chi connectivity index (χ0) is 13.2. The van der Waals surface area contributed by atoms with Crippen molar-refractivity contribution >= 4 is 17.5 Å². The van der Waals surface area contributed by atoms with Crippen molar-refractivity contribution in [3.63, 3.8) is 0 Å². The van der Waals surface area contributed by atoms with E-state index in [9.17, 15) is 4.79 Å². The first-order valence-electron chi connectivity index (χ1n) is 7.00. The molecule has 0 spiro atoms. The third-order valence-corrected chi connectivity index (χ3v) is 4.00. The summed E-state index contributed by atoms with van der Waals surface area (Å²) >= 11 is 5.92. The normalized spacial score (nSPS) is 20.1. The highest BCUT2D eigenvalue weighted by Gasteiger charge is 2.32. The van der Waals surface area contributed by atoms with Gasteiger partial charge < -0.3 is 10.6 Å². The lowest BCUT2D eigenvalue weighted by Gasteiger charge is -2.18. The molecule has 102 valence electrons. The van der Waals surface area contributed by atoms with E-state index in [-0.39, 0.29) is 11.9 Å². The third kappa shape index (κ3) is 3.71. The molecule has 3 nitrogen and oxygen atoms in total. The van der Waals surface area contributed by atoms with Crippen LogP contribution < -0.4 is 10.6 Å². The Labute approximate surface area is 118 Å². The Morgan fingerprint density at radius 2 is 1.89 bits per heavy atom. The van der Waals surface area contributed by atoms with Crippen LogP contribution in [0.15, 0.2) is 24.3 Å². The van der Waals surface area contributed by atoms with Crippen molar-refractivity contribution in [2.45, 2.75) is 37.8 Å². The molecule has 1 amide bonds. The van der Waals surface area contributed by atoms with Gasteiger partial charge in [0.15, 0.2) is 0 Å². The zero-order valence-corrected chi connectivity index (χ0v) is 11.6. The smallest absolute Gasteiger partial charge is 0.234 e. The lowest BCUT2D eigenvalue weighted by atomic mass is 10.0. The van der Waals surface area contributed by atoms with Crippen molar-refractivity contribution in [1.82, 2.24) is 10.6 Å². The summed E-state index contributed by atoms with van der Waals surface area (Å²) in [6.45, 7) is 0.403. The fraction of sp³-hybridized carbons (Fsp3) is 0.533. The first-order valence-corrected chi connectivity index (χ1v) is 7.38. The van der Waals surface area contributed by atoms with Crippen LogP contribution in [0.3, 0.4) is 0 Å². The van der Waals surface area contributed by atoms with Crippen molar-refractivity contribution in [3.05, 3.63) is 34.9 Å². The summed E-state index contributed by atoms with van der Waals surface area (Å²) in [7, 11) is 0. The molecule has 1 aromatic carbocycles. The van der Waals surface area contributed by atoms with Gasteiger partial charge in [-0.15, -0.1) is 0 Å². The van der Waals surface area contributed by atoms with E-state index < -0.39 is 0 Å². The summed E-state index contributed by atoms with van der Waals surface area (Å²) in [4.78, 5) is 11.7. The van der Waals surface area contributed by atoms with Crippen molar-refractivity contribution in [3.8, 4) is 0 Å². The highest BCUT2D eigenvalue weighted by atomic mass is 35.5. The van der Waals surface area contributed by atoms with Crippen LogP contribution in [0.5, 0.6) is 0 Å². The fourth-order valence-electron chi connectivity index (χ4n) is 2.37. The average Bonchev–Trinajstić information content (AvgIpc) is 3.24. The summed E-state index contributed by atoms with van der Waals surface area (Å²) in [6.07, 6.45) is 4.75. The molecule has 0 aromatic heterocycles. The molecule has 1 unspecified atom stereocenters. The van der Waals surface area contributed by atoms with Crippen molar-refractivity contribution in [2.75, 3.05) is 6.54 Å². The molecular formula is C15H19ClN2O. The lowest BCUT2D eigenvalue weighted by molar-refractivity contribution is -0.120. The average molecular weight is 279 g/mol. The standard InChI is InChI=1S/C15H19ClN2O/c16-12-5-3-11(4-6-12)15(10-1-2-10)17-9-14(19)18-13-7-8-13/h3-6,10,13,15,17H,1-2,7-9H2,(H,18,19). The highest BCUT2D eigenvalue weighted by molar-refractivity contribution is 6.30. The Bertz CT molecular complexity index is 452. The SMILES string of the molecule is O=C(CNC(c1ccc(Cl)cc1)C1CC1)NC1CC1. The van der Waals surface area contributed by atoms with Gasteiger partial charge in [-0.05, 0) is 49.3 Å². The Hall–Kier alpha value is -1.06. The predicted octanol–water partition coefficient (Wildman–Crippen LogP) is 2.66. The van der Waals surface area contributed by atoms with Gasteiger partial charge in [0.05, 0.1) is 6.54 Å². The quantitative estimate of drug-likeness (QED) is 0.840. The third-order valence-electron chi connectivity index (χ3n) is 3.75. The van der Waals surface area contributed by atoms with Gasteiger partial charge in [0.2, 0.25) is 5.91 Å². The van der Waals surface area contributed by atoms with Crippen LogP contribution >= 0.6 is 11.6 Å². The molecule has 4 heteroatoms. The maximum absolute atomic E-state index is 11.7. The first kappa shape index (κ1) is 12.9. The molecule has 2 aliphatic carbocycles. The molecule has 0 saturated heterocycles. The maximum atomic E-state index is 11.7. The largest absolute Gasteiger partial charge is 0.352 e. The number of benzene rings is 1. The van der Waals surface area contributed by atoms with E-state index in [4.69, 9.17) is 11.6 Å². The molecule has 1 atom stereocenters. The Morgan fingerprint density at radius 3 is 2.47 bits per heavy atom. The predicted molar refractivity (Wildman–Crippen MR) is 76.1 cm³/mol. The molecule has 0 radical (unpaired) electrons. The van der Waals surface area contributed by atoms with Crippen molar-refractivity contribution < 1.29 is 4.79 Å². The van der Waals surface area contributed by atoms with Crippen LogP contribution in [0.2, 0.25) is 5.02 Å². The topological polar surface area (TPSA) is 41.1 Å². The Morgan fingerprint density at radius 1 is 1.21 bits per heavy atom. The van der Waals surface area contributed by atoms with Gasteiger partial charge in [0, 0.05) is 17.1 Å². The van der Waals surface area contributed by atoms with Crippen LogP contribution in [0.4, 0.5) is 0 Å². The van der Waals surface area contributed by atoms with E-state index in [0.29, 0.717) is 18.5 Å². The molecule has 0 aliphatic heterocycles. The van der Waals surface area contributed by atoms with Crippen LogP contribution in [0, 0.1) is 5.92 Å². The number of hydrogen-bond donors (Lipinski definition) is 2. The summed E-state index contributed by atoms with van der Waals surface area (Å²) < 4.78 is 0. The maximum Gasteiger partial charge on any atom is 0.234 e. The summed E-state index contributed by atoms with van der Waals surface area (Å²) in [5, 5.41) is 7.16. The number of carbonyl (C=O) groups excluding carboxylic acids is 1. The number of rotatable bonds is 6. The second-order valence-electron chi connectivity index (χ2n) is 5.59. The molecule has 0 bridgehead atoms. The number of amides is 1. The fourth-order valence-corrected chi connectivity index (χ4v) is 2.49. The van der Waals surface area contributed by atoms with Gasteiger partial charge in [0.25, 0.3) is 0 Å². The molecule has 2 saturated carbocycles. The molecule has 3 rings (SSSR count). The van der Waals surface area contributed by atoms with Gasteiger partial charge in [-0.2, -0.15) is 0 Å². The van der Waals surface area contributed by atoms with E-state index >= 15 is 0 Å². The molecule has 19 heavy (non-hydrogen) atoms. The van der Waals surface area contributed by atoms with Crippen LogP contribution in [-0.2, 0) is 4.79 Å². The molecule has 1 aromatic rings. The molecule has 2 N–H and O–H groups in total. The van der Waals surface area contributed by atoms with E-state index in [2.05, 4.69) is 22.8 Å². The summed E-state index contributed by atoms with van der Waals surface area (Å²) in [5.74, 6) is 0.775. The van der Waals surface area contributed by atoms with Gasteiger partial charge in [-0.25, -0.2) is 0 Å².